The lowest BCUT2D eigenvalue weighted by Gasteiger charge is -2.33. The van der Waals surface area contributed by atoms with Crippen molar-refractivity contribution in [2.75, 3.05) is 13.1 Å². The average molecular weight is 285 g/mol. The van der Waals surface area contributed by atoms with Gasteiger partial charge in [0.25, 0.3) is 5.91 Å². The molecule has 0 saturated carbocycles. The zero-order chi connectivity index (χ0) is 14.4. The number of ether oxygens (including phenoxy) is 1. The first kappa shape index (κ1) is 12.9. The molecule has 1 aromatic carbocycles. The molecule has 2 aliphatic rings. The molecule has 2 aliphatic heterocycles. The van der Waals surface area contributed by atoms with Crippen molar-refractivity contribution >= 4 is 16.9 Å². The van der Waals surface area contributed by atoms with Gasteiger partial charge in [-0.15, -0.1) is 0 Å². The first-order valence-electron chi connectivity index (χ1n) is 7.64. The smallest absolute Gasteiger partial charge is 0.289 e. The Morgan fingerprint density at radius 3 is 3.05 bits per heavy atom. The van der Waals surface area contributed by atoms with Gasteiger partial charge < -0.3 is 14.1 Å². The zero-order valence-electron chi connectivity index (χ0n) is 12.1. The van der Waals surface area contributed by atoms with E-state index in [1.807, 2.05) is 35.2 Å². The summed E-state index contributed by atoms with van der Waals surface area (Å²) in [7, 11) is 0. The van der Waals surface area contributed by atoms with E-state index < -0.39 is 0 Å². The van der Waals surface area contributed by atoms with E-state index >= 15 is 0 Å². The molecule has 1 aromatic heterocycles. The van der Waals surface area contributed by atoms with Crippen LogP contribution < -0.4 is 0 Å². The standard InChI is InChI=1S/C17H19NO3/c1-11-8-13-10-18(7-6-15(13)20-11)17(19)16-9-12-4-2-3-5-14(12)21-16/h2-5,9,11,13,15H,6-8,10H2,1H3/t11-,13-,15-/m0/s1. The van der Waals surface area contributed by atoms with Gasteiger partial charge in [-0.05, 0) is 31.9 Å². The lowest BCUT2D eigenvalue weighted by molar-refractivity contribution is 0.00790. The third kappa shape index (κ3) is 2.23. The maximum Gasteiger partial charge on any atom is 0.289 e. The van der Waals surface area contributed by atoms with Crippen molar-refractivity contribution in [1.82, 2.24) is 4.90 Å². The second kappa shape index (κ2) is 4.88. The molecule has 21 heavy (non-hydrogen) atoms. The van der Waals surface area contributed by atoms with Gasteiger partial charge in [0.1, 0.15) is 5.58 Å². The lowest BCUT2D eigenvalue weighted by Crippen LogP contribution is -2.44. The van der Waals surface area contributed by atoms with E-state index in [-0.39, 0.29) is 5.91 Å². The monoisotopic (exact) mass is 285 g/mol. The molecule has 0 bridgehead atoms. The van der Waals surface area contributed by atoms with Gasteiger partial charge in [-0.3, -0.25) is 4.79 Å². The second-order valence-corrected chi connectivity index (χ2v) is 6.17. The Morgan fingerprint density at radius 1 is 1.33 bits per heavy atom. The number of rotatable bonds is 1. The van der Waals surface area contributed by atoms with Crippen molar-refractivity contribution in [2.24, 2.45) is 5.92 Å². The number of likely N-dealkylation sites (tertiary alicyclic amines) is 1. The molecule has 2 saturated heterocycles. The number of furan rings is 1. The molecule has 110 valence electrons. The number of carbonyl (C=O) groups excluding carboxylic acids is 1. The van der Waals surface area contributed by atoms with Crippen LogP contribution in [0.15, 0.2) is 34.7 Å². The fraction of sp³-hybridized carbons (Fsp3) is 0.471. The highest BCUT2D eigenvalue weighted by Gasteiger charge is 2.39. The quantitative estimate of drug-likeness (QED) is 0.808. The molecule has 3 heterocycles. The van der Waals surface area contributed by atoms with E-state index in [9.17, 15) is 4.79 Å². The fourth-order valence-electron chi connectivity index (χ4n) is 3.62. The van der Waals surface area contributed by atoms with E-state index in [0.29, 0.717) is 23.9 Å². The highest BCUT2D eigenvalue weighted by molar-refractivity contribution is 5.96. The van der Waals surface area contributed by atoms with Crippen molar-refractivity contribution in [3.63, 3.8) is 0 Å². The summed E-state index contributed by atoms with van der Waals surface area (Å²) in [4.78, 5) is 14.5. The fourth-order valence-corrected chi connectivity index (χ4v) is 3.62. The molecule has 0 radical (unpaired) electrons. The number of carbonyl (C=O) groups is 1. The number of benzene rings is 1. The van der Waals surface area contributed by atoms with Gasteiger partial charge in [0, 0.05) is 24.4 Å². The molecule has 0 N–H and O–H groups in total. The minimum Gasteiger partial charge on any atom is -0.451 e. The van der Waals surface area contributed by atoms with Crippen LogP contribution in [0, 0.1) is 5.92 Å². The largest absolute Gasteiger partial charge is 0.451 e. The zero-order valence-corrected chi connectivity index (χ0v) is 12.1. The Balaban J connectivity index is 1.54. The van der Waals surface area contributed by atoms with Crippen molar-refractivity contribution < 1.29 is 13.9 Å². The number of fused-ring (bicyclic) bond motifs is 2. The highest BCUT2D eigenvalue weighted by atomic mass is 16.5. The van der Waals surface area contributed by atoms with Crippen LogP contribution in [0.3, 0.4) is 0 Å². The summed E-state index contributed by atoms with van der Waals surface area (Å²) in [6, 6.07) is 9.58. The van der Waals surface area contributed by atoms with E-state index in [4.69, 9.17) is 9.15 Å². The Labute approximate surface area is 123 Å². The van der Waals surface area contributed by atoms with Gasteiger partial charge >= 0.3 is 0 Å². The summed E-state index contributed by atoms with van der Waals surface area (Å²) in [6.07, 6.45) is 2.64. The number of para-hydroxylation sites is 1. The molecule has 0 unspecified atom stereocenters. The van der Waals surface area contributed by atoms with Crippen LogP contribution in [0.5, 0.6) is 0 Å². The number of hydrogen-bond donors (Lipinski definition) is 0. The minimum absolute atomic E-state index is 0.00389. The average Bonchev–Trinajstić information content (AvgIpc) is 3.07. The van der Waals surface area contributed by atoms with Crippen LogP contribution in [-0.2, 0) is 4.74 Å². The predicted octanol–water partition coefficient (Wildman–Crippen LogP) is 3.07. The number of nitrogens with zero attached hydrogens (tertiary/aromatic N) is 1. The summed E-state index contributed by atoms with van der Waals surface area (Å²) in [5.74, 6) is 0.924. The van der Waals surface area contributed by atoms with Crippen LogP contribution in [-0.4, -0.2) is 36.1 Å². The molecule has 3 atom stereocenters. The highest BCUT2D eigenvalue weighted by Crippen LogP contribution is 2.33. The molecule has 4 heteroatoms. The van der Waals surface area contributed by atoms with Crippen LogP contribution in [0.2, 0.25) is 0 Å². The van der Waals surface area contributed by atoms with Gasteiger partial charge in [-0.25, -0.2) is 0 Å². The molecule has 0 aliphatic carbocycles. The normalized spacial score (nSPS) is 28.8. The second-order valence-electron chi connectivity index (χ2n) is 6.17. The Bertz CT molecular complexity index is 644. The van der Waals surface area contributed by atoms with Gasteiger partial charge in [0.15, 0.2) is 5.76 Å². The molecule has 0 spiro atoms. The SMILES string of the molecule is C[C@H]1C[C@H]2CN(C(=O)c3cc4ccccc4o3)CC[C@@H]2O1. The number of hydrogen-bond acceptors (Lipinski definition) is 3. The van der Waals surface area contributed by atoms with E-state index in [1.165, 1.54) is 0 Å². The molecular formula is C17H19NO3. The van der Waals surface area contributed by atoms with Crippen molar-refractivity contribution in [2.45, 2.75) is 32.0 Å². The summed E-state index contributed by atoms with van der Waals surface area (Å²) in [5, 5.41) is 0.980. The molecule has 4 nitrogen and oxygen atoms in total. The van der Waals surface area contributed by atoms with Crippen LogP contribution in [0.1, 0.15) is 30.3 Å². The summed E-state index contributed by atoms with van der Waals surface area (Å²) in [6.45, 7) is 3.65. The van der Waals surface area contributed by atoms with E-state index in [0.717, 1.165) is 36.9 Å². The van der Waals surface area contributed by atoms with Crippen molar-refractivity contribution in [3.05, 3.63) is 36.1 Å². The molecular weight excluding hydrogens is 266 g/mol. The first-order valence-corrected chi connectivity index (χ1v) is 7.64. The van der Waals surface area contributed by atoms with Gasteiger partial charge in [0.2, 0.25) is 0 Å². The maximum absolute atomic E-state index is 12.6. The third-order valence-corrected chi connectivity index (χ3v) is 4.63. The third-order valence-electron chi connectivity index (χ3n) is 4.63. The Kier molecular flexibility index (Phi) is 3.00. The summed E-state index contributed by atoms with van der Waals surface area (Å²) >= 11 is 0. The van der Waals surface area contributed by atoms with Gasteiger partial charge in [-0.2, -0.15) is 0 Å². The molecule has 1 amide bonds. The van der Waals surface area contributed by atoms with E-state index in [2.05, 4.69) is 6.92 Å². The van der Waals surface area contributed by atoms with E-state index in [1.54, 1.807) is 0 Å². The first-order chi connectivity index (χ1) is 10.2. The van der Waals surface area contributed by atoms with Crippen LogP contribution in [0.25, 0.3) is 11.0 Å². The lowest BCUT2D eigenvalue weighted by atomic mass is 9.93. The van der Waals surface area contributed by atoms with Crippen molar-refractivity contribution in [1.29, 1.82) is 0 Å². The van der Waals surface area contributed by atoms with Crippen LogP contribution in [0.4, 0.5) is 0 Å². The minimum atomic E-state index is 0.00389. The predicted molar refractivity (Wildman–Crippen MR) is 79.2 cm³/mol. The summed E-state index contributed by atoms with van der Waals surface area (Å²) < 4.78 is 11.6. The van der Waals surface area contributed by atoms with Gasteiger partial charge in [-0.1, -0.05) is 18.2 Å². The molecule has 4 rings (SSSR count). The summed E-state index contributed by atoms with van der Waals surface area (Å²) in [5.41, 5.74) is 0.772. The number of amides is 1. The van der Waals surface area contributed by atoms with Crippen molar-refractivity contribution in [3.8, 4) is 0 Å². The molecule has 2 fully saturated rings. The van der Waals surface area contributed by atoms with Crippen LogP contribution >= 0.6 is 0 Å². The van der Waals surface area contributed by atoms with Gasteiger partial charge in [0.05, 0.1) is 12.2 Å². The number of piperidine rings is 1. The maximum atomic E-state index is 12.6. The Hall–Kier alpha value is -1.81. The molecule has 2 aromatic rings. The Morgan fingerprint density at radius 2 is 2.19 bits per heavy atom. The topological polar surface area (TPSA) is 42.7 Å².